The Hall–Kier alpha value is -1.91. The smallest absolute Gasteiger partial charge is 0.407 e. The summed E-state index contributed by atoms with van der Waals surface area (Å²) >= 11 is 0. The third-order valence-electron chi connectivity index (χ3n) is 1.87. The Morgan fingerprint density at radius 2 is 1.76 bits per heavy atom. The van der Waals surface area contributed by atoms with Gasteiger partial charge in [-0.05, 0) is 44.5 Å². The molecule has 0 saturated carbocycles. The molecule has 17 heavy (non-hydrogen) atoms. The lowest BCUT2D eigenvalue weighted by Gasteiger charge is -2.19. The maximum atomic E-state index is 11.4. The van der Waals surface area contributed by atoms with Crippen molar-refractivity contribution in [3.8, 4) is 0 Å². The molecule has 0 bridgehead atoms. The number of benzene rings is 1. The van der Waals surface area contributed by atoms with Crippen LogP contribution in [0.3, 0.4) is 0 Å². The number of hydrogen-bond donors (Lipinski definition) is 3. The lowest BCUT2D eigenvalue weighted by Crippen LogP contribution is -2.32. The van der Waals surface area contributed by atoms with Crippen molar-refractivity contribution in [1.82, 2.24) is 5.32 Å². The predicted octanol–water partition coefficient (Wildman–Crippen LogP) is 1.88. The second kappa shape index (κ2) is 4.95. The average Bonchev–Trinajstić information content (AvgIpc) is 2.10. The van der Waals surface area contributed by atoms with Crippen LogP contribution in [0.4, 0.5) is 16.2 Å². The van der Waals surface area contributed by atoms with Crippen molar-refractivity contribution >= 4 is 17.5 Å². The molecule has 5 nitrogen and oxygen atoms in total. The van der Waals surface area contributed by atoms with Gasteiger partial charge in [0.2, 0.25) is 0 Å². The summed E-state index contributed by atoms with van der Waals surface area (Å²) in [7, 11) is 0. The number of ether oxygens (including phenoxy) is 1. The van der Waals surface area contributed by atoms with Gasteiger partial charge in [0.1, 0.15) is 5.60 Å². The minimum Gasteiger partial charge on any atom is -0.444 e. The molecule has 0 heterocycles. The summed E-state index contributed by atoms with van der Waals surface area (Å²) in [5.74, 6) is 0. The van der Waals surface area contributed by atoms with Gasteiger partial charge < -0.3 is 21.5 Å². The van der Waals surface area contributed by atoms with Crippen molar-refractivity contribution in [1.29, 1.82) is 0 Å². The van der Waals surface area contributed by atoms with Gasteiger partial charge in [0.15, 0.2) is 0 Å². The van der Waals surface area contributed by atoms with Crippen LogP contribution in [-0.4, -0.2) is 11.7 Å². The fourth-order valence-electron chi connectivity index (χ4n) is 1.34. The number of nitrogens with two attached hydrogens (primary N) is 2. The molecule has 1 aromatic carbocycles. The summed E-state index contributed by atoms with van der Waals surface area (Å²) in [5, 5.41) is 2.64. The number of anilines is 2. The lowest BCUT2D eigenvalue weighted by molar-refractivity contribution is 0.0523. The molecule has 0 atom stereocenters. The van der Waals surface area contributed by atoms with E-state index in [1.807, 2.05) is 20.8 Å². The lowest BCUT2D eigenvalue weighted by atomic mass is 10.2. The Bertz CT molecular complexity index is 390. The highest BCUT2D eigenvalue weighted by molar-refractivity contribution is 5.68. The van der Waals surface area contributed by atoms with E-state index in [9.17, 15) is 4.79 Å². The predicted molar refractivity (Wildman–Crippen MR) is 68.3 cm³/mol. The molecule has 0 fully saturated rings. The highest BCUT2D eigenvalue weighted by Gasteiger charge is 2.15. The van der Waals surface area contributed by atoms with E-state index < -0.39 is 11.7 Å². The summed E-state index contributed by atoms with van der Waals surface area (Å²) in [6.45, 7) is 5.77. The van der Waals surface area contributed by atoms with Crippen LogP contribution in [0, 0.1) is 0 Å². The van der Waals surface area contributed by atoms with Crippen molar-refractivity contribution in [2.24, 2.45) is 0 Å². The van der Waals surface area contributed by atoms with Crippen LogP contribution in [-0.2, 0) is 11.3 Å². The third kappa shape index (κ3) is 5.10. The van der Waals surface area contributed by atoms with E-state index in [4.69, 9.17) is 16.2 Å². The maximum absolute atomic E-state index is 11.4. The molecule has 5 heteroatoms. The first-order valence-electron chi connectivity index (χ1n) is 5.38. The molecule has 94 valence electrons. The van der Waals surface area contributed by atoms with Gasteiger partial charge in [-0.25, -0.2) is 4.79 Å². The number of alkyl carbamates (subject to hydrolysis) is 1. The molecule has 0 aliphatic carbocycles. The van der Waals surface area contributed by atoms with Crippen LogP contribution >= 0.6 is 0 Å². The molecule has 0 aromatic heterocycles. The first-order chi connectivity index (χ1) is 7.76. The first-order valence-corrected chi connectivity index (χ1v) is 5.38. The summed E-state index contributed by atoms with van der Waals surface area (Å²) < 4.78 is 5.11. The molecule has 0 spiro atoms. The first kappa shape index (κ1) is 13.2. The number of nitrogen functional groups attached to an aromatic ring is 2. The molecular weight excluding hydrogens is 218 g/mol. The van der Waals surface area contributed by atoms with Gasteiger partial charge in [-0.2, -0.15) is 0 Å². The van der Waals surface area contributed by atoms with Crippen molar-refractivity contribution in [2.45, 2.75) is 32.9 Å². The van der Waals surface area contributed by atoms with Gasteiger partial charge in [-0.15, -0.1) is 0 Å². The van der Waals surface area contributed by atoms with Crippen molar-refractivity contribution in [3.05, 3.63) is 23.8 Å². The Labute approximate surface area is 101 Å². The number of rotatable bonds is 2. The van der Waals surface area contributed by atoms with Crippen LogP contribution in [0.2, 0.25) is 0 Å². The summed E-state index contributed by atoms with van der Waals surface area (Å²) in [6, 6.07) is 5.18. The standard InChI is InChI=1S/C12H19N3O2/c1-12(2,3)17-11(16)15-7-8-4-9(13)6-10(14)5-8/h4-6H,7,13-14H2,1-3H3,(H,15,16). The largest absolute Gasteiger partial charge is 0.444 e. The van der Waals surface area contributed by atoms with Crippen molar-refractivity contribution in [3.63, 3.8) is 0 Å². The highest BCUT2D eigenvalue weighted by atomic mass is 16.6. The average molecular weight is 237 g/mol. The number of nitrogens with one attached hydrogen (secondary N) is 1. The molecule has 0 aliphatic rings. The summed E-state index contributed by atoms with van der Waals surface area (Å²) in [6.07, 6.45) is -0.460. The Morgan fingerprint density at radius 3 is 2.24 bits per heavy atom. The fourth-order valence-corrected chi connectivity index (χ4v) is 1.34. The SMILES string of the molecule is CC(C)(C)OC(=O)NCc1cc(N)cc(N)c1. The van der Waals surface area contributed by atoms with E-state index in [2.05, 4.69) is 5.32 Å². The molecule has 1 amide bonds. The van der Waals surface area contributed by atoms with Gasteiger partial charge in [-0.3, -0.25) is 0 Å². The highest BCUT2D eigenvalue weighted by Crippen LogP contribution is 2.13. The van der Waals surface area contributed by atoms with E-state index in [1.165, 1.54) is 0 Å². The second-order valence-electron chi connectivity index (χ2n) is 4.86. The normalized spacial score (nSPS) is 11.0. The molecule has 1 aromatic rings. The van der Waals surface area contributed by atoms with Gasteiger partial charge >= 0.3 is 6.09 Å². The van der Waals surface area contributed by atoms with E-state index in [0.717, 1.165) is 5.56 Å². The molecule has 1 rings (SSSR count). The quantitative estimate of drug-likeness (QED) is 0.685. The zero-order valence-electron chi connectivity index (χ0n) is 10.4. The van der Waals surface area contributed by atoms with Crippen molar-refractivity contribution < 1.29 is 9.53 Å². The number of hydrogen-bond acceptors (Lipinski definition) is 4. The molecule has 0 radical (unpaired) electrons. The van der Waals surface area contributed by atoms with Crippen LogP contribution in [0.15, 0.2) is 18.2 Å². The van der Waals surface area contributed by atoms with Gasteiger partial charge in [0.25, 0.3) is 0 Å². The number of carbonyl (C=O) groups is 1. The van der Waals surface area contributed by atoms with E-state index in [0.29, 0.717) is 17.9 Å². The zero-order valence-corrected chi connectivity index (χ0v) is 10.4. The van der Waals surface area contributed by atoms with Crippen LogP contribution in [0.25, 0.3) is 0 Å². The number of carbonyl (C=O) groups excluding carboxylic acids is 1. The van der Waals surface area contributed by atoms with Gasteiger partial charge in [-0.1, -0.05) is 0 Å². The van der Waals surface area contributed by atoms with Gasteiger partial charge in [0.05, 0.1) is 0 Å². The molecule has 5 N–H and O–H groups in total. The van der Waals surface area contributed by atoms with Crippen LogP contribution in [0.5, 0.6) is 0 Å². The minimum absolute atomic E-state index is 0.337. The Balaban J connectivity index is 2.53. The summed E-state index contributed by atoms with van der Waals surface area (Å²) in [5.41, 5.74) is 12.8. The van der Waals surface area contributed by atoms with Crippen LogP contribution < -0.4 is 16.8 Å². The Morgan fingerprint density at radius 1 is 1.24 bits per heavy atom. The maximum Gasteiger partial charge on any atom is 0.407 e. The minimum atomic E-state index is -0.501. The van der Waals surface area contributed by atoms with E-state index in [1.54, 1.807) is 18.2 Å². The fraction of sp³-hybridized carbons (Fsp3) is 0.417. The third-order valence-corrected chi connectivity index (χ3v) is 1.87. The van der Waals surface area contributed by atoms with Gasteiger partial charge in [0, 0.05) is 17.9 Å². The Kier molecular flexibility index (Phi) is 3.83. The molecule has 0 unspecified atom stereocenters. The molecular formula is C12H19N3O2. The topological polar surface area (TPSA) is 90.4 Å². The number of amides is 1. The molecule has 0 aliphatic heterocycles. The monoisotopic (exact) mass is 237 g/mol. The van der Waals surface area contributed by atoms with E-state index in [-0.39, 0.29) is 0 Å². The zero-order chi connectivity index (χ0) is 13.1. The van der Waals surface area contributed by atoms with E-state index >= 15 is 0 Å². The van der Waals surface area contributed by atoms with Crippen molar-refractivity contribution in [2.75, 3.05) is 11.5 Å². The second-order valence-corrected chi connectivity index (χ2v) is 4.86. The van der Waals surface area contributed by atoms with Crippen LogP contribution in [0.1, 0.15) is 26.3 Å². The summed E-state index contributed by atoms with van der Waals surface area (Å²) in [4.78, 5) is 11.4. The molecule has 0 saturated heterocycles.